The monoisotopic (exact) mass is 477 g/mol. The minimum Gasteiger partial charge on any atom is -0.457 e. The van der Waals surface area contributed by atoms with E-state index in [1.807, 2.05) is 27.7 Å². The molecule has 184 valence electrons. The SMILES string of the molecule is CC(=O)Nc1cccc(Oc2ccc(N(C(=O)C(F)(F)F)C3CC(C)(C)NC(C)(C)C3)cc2)c1. The molecule has 0 unspecified atom stereocenters. The first-order valence-corrected chi connectivity index (χ1v) is 11.0. The number of amides is 2. The van der Waals surface area contributed by atoms with Crippen molar-refractivity contribution in [2.45, 2.75) is 70.8 Å². The topological polar surface area (TPSA) is 70.7 Å². The third-order valence-corrected chi connectivity index (χ3v) is 5.50. The lowest BCUT2D eigenvalue weighted by atomic mass is 9.78. The summed E-state index contributed by atoms with van der Waals surface area (Å²) in [5, 5.41) is 6.09. The van der Waals surface area contributed by atoms with E-state index in [2.05, 4.69) is 10.6 Å². The van der Waals surface area contributed by atoms with Crippen molar-refractivity contribution in [2.75, 3.05) is 10.2 Å². The fourth-order valence-electron chi connectivity index (χ4n) is 4.73. The van der Waals surface area contributed by atoms with Crippen LogP contribution in [0.5, 0.6) is 11.5 Å². The summed E-state index contributed by atoms with van der Waals surface area (Å²) in [4.78, 5) is 24.6. The number of nitrogens with zero attached hydrogens (tertiary/aromatic N) is 1. The molecule has 1 heterocycles. The number of hydrogen-bond acceptors (Lipinski definition) is 4. The van der Waals surface area contributed by atoms with E-state index in [0.29, 0.717) is 30.0 Å². The van der Waals surface area contributed by atoms with Gasteiger partial charge in [0, 0.05) is 41.5 Å². The van der Waals surface area contributed by atoms with E-state index < -0.39 is 29.2 Å². The minimum absolute atomic E-state index is 0.153. The van der Waals surface area contributed by atoms with E-state index in [4.69, 9.17) is 4.74 Å². The van der Waals surface area contributed by atoms with Crippen molar-refractivity contribution in [1.82, 2.24) is 5.32 Å². The quantitative estimate of drug-likeness (QED) is 0.585. The summed E-state index contributed by atoms with van der Waals surface area (Å²) in [6.07, 6.45) is -4.27. The van der Waals surface area contributed by atoms with E-state index in [9.17, 15) is 22.8 Å². The molecule has 3 rings (SSSR count). The van der Waals surface area contributed by atoms with Crippen LogP contribution in [0.3, 0.4) is 0 Å². The molecule has 0 atom stereocenters. The Morgan fingerprint density at radius 2 is 1.59 bits per heavy atom. The van der Waals surface area contributed by atoms with E-state index in [1.54, 1.807) is 24.3 Å². The molecule has 2 N–H and O–H groups in total. The average molecular weight is 478 g/mol. The molecule has 2 aromatic rings. The molecule has 1 fully saturated rings. The van der Waals surface area contributed by atoms with Crippen LogP contribution in [0.2, 0.25) is 0 Å². The zero-order valence-corrected chi connectivity index (χ0v) is 19.9. The van der Waals surface area contributed by atoms with Crippen LogP contribution in [0.1, 0.15) is 47.5 Å². The molecule has 2 amide bonds. The first kappa shape index (κ1) is 25.6. The van der Waals surface area contributed by atoms with Crippen LogP contribution in [-0.2, 0) is 9.59 Å². The van der Waals surface area contributed by atoms with Gasteiger partial charge in [0.15, 0.2) is 0 Å². The summed E-state index contributed by atoms with van der Waals surface area (Å²) in [6, 6.07) is 12.1. The highest BCUT2D eigenvalue weighted by Crippen LogP contribution is 2.37. The Balaban J connectivity index is 1.88. The molecule has 1 saturated heterocycles. The predicted molar refractivity (Wildman–Crippen MR) is 125 cm³/mol. The number of nitrogens with one attached hydrogen (secondary N) is 2. The van der Waals surface area contributed by atoms with Gasteiger partial charge in [-0.15, -0.1) is 0 Å². The number of ether oxygens (including phenoxy) is 1. The third-order valence-electron chi connectivity index (χ3n) is 5.50. The molecular formula is C25H30F3N3O3. The van der Waals surface area contributed by atoms with Gasteiger partial charge in [-0.3, -0.25) is 9.59 Å². The highest BCUT2D eigenvalue weighted by molar-refractivity contribution is 5.98. The molecule has 34 heavy (non-hydrogen) atoms. The van der Waals surface area contributed by atoms with Crippen LogP contribution in [-0.4, -0.2) is 35.1 Å². The number of alkyl halides is 3. The molecule has 1 aliphatic rings. The lowest BCUT2D eigenvalue weighted by molar-refractivity contribution is -0.171. The Morgan fingerprint density at radius 3 is 2.12 bits per heavy atom. The number of carbonyl (C=O) groups is 2. The van der Waals surface area contributed by atoms with Crippen molar-refractivity contribution < 1.29 is 27.5 Å². The number of hydrogen-bond donors (Lipinski definition) is 2. The second-order valence-corrected chi connectivity index (χ2v) is 9.93. The van der Waals surface area contributed by atoms with Crippen molar-refractivity contribution in [3.05, 3.63) is 48.5 Å². The van der Waals surface area contributed by atoms with Crippen molar-refractivity contribution in [3.63, 3.8) is 0 Å². The van der Waals surface area contributed by atoms with E-state index in [1.165, 1.54) is 31.2 Å². The van der Waals surface area contributed by atoms with Crippen molar-refractivity contribution in [1.29, 1.82) is 0 Å². The van der Waals surface area contributed by atoms with Crippen LogP contribution in [0, 0.1) is 0 Å². The van der Waals surface area contributed by atoms with Crippen LogP contribution in [0.15, 0.2) is 48.5 Å². The van der Waals surface area contributed by atoms with Gasteiger partial charge < -0.3 is 20.3 Å². The summed E-state index contributed by atoms with van der Waals surface area (Å²) in [6.45, 7) is 9.07. The molecule has 0 aliphatic carbocycles. The first-order chi connectivity index (χ1) is 15.7. The van der Waals surface area contributed by atoms with Crippen LogP contribution < -0.4 is 20.3 Å². The van der Waals surface area contributed by atoms with Gasteiger partial charge in [0.2, 0.25) is 5.91 Å². The summed E-state index contributed by atoms with van der Waals surface area (Å²) in [5.41, 5.74) is -0.184. The second-order valence-electron chi connectivity index (χ2n) is 9.93. The number of piperidine rings is 1. The lowest BCUT2D eigenvalue weighted by Crippen LogP contribution is -2.64. The van der Waals surface area contributed by atoms with Crippen LogP contribution in [0.25, 0.3) is 0 Å². The highest BCUT2D eigenvalue weighted by atomic mass is 19.4. The fourth-order valence-corrected chi connectivity index (χ4v) is 4.73. The molecule has 6 nitrogen and oxygen atoms in total. The molecule has 1 aliphatic heterocycles. The lowest BCUT2D eigenvalue weighted by Gasteiger charge is -2.49. The smallest absolute Gasteiger partial charge is 0.457 e. The largest absolute Gasteiger partial charge is 0.471 e. The Kier molecular flexibility index (Phi) is 6.98. The molecule has 9 heteroatoms. The maximum absolute atomic E-state index is 13.6. The fraction of sp³-hybridized carbons (Fsp3) is 0.440. The summed E-state index contributed by atoms with van der Waals surface area (Å²) in [7, 11) is 0. The van der Waals surface area contributed by atoms with Crippen LogP contribution in [0.4, 0.5) is 24.5 Å². The van der Waals surface area contributed by atoms with Gasteiger partial charge in [-0.25, -0.2) is 0 Å². The van der Waals surface area contributed by atoms with Gasteiger partial charge in [0.05, 0.1) is 0 Å². The molecule has 0 spiro atoms. The Bertz CT molecular complexity index is 1030. The summed E-state index contributed by atoms with van der Waals surface area (Å²) < 4.78 is 46.5. The van der Waals surface area contributed by atoms with Gasteiger partial charge in [-0.2, -0.15) is 13.2 Å². The maximum atomic E-state index is 13.6. The number of rotatable bonds is 5. The van der Waals surface area contributed by atoms with Crippen molar-refractivity contribution in [3.8, 4) is 11.5 Å². The number of halogens is 3. The van der Waals surface area contributed by atoms with E-state index in [-0.39, 0.29) is 11.6 Å². The van der Waals surface area contributed by atoms with Gasteiger partial charge in [-0.1, -0.05) is 6.07 Å². The predicted octanol–water partition coefficient (Wildman–Crippen LogP) is 5.64. The number of anilines is 2. The summed E-state index contributed by atoms with van der Waals surface area (Å²) in [5.74, 6) is -1.28. The zero-order chi connectivity index (χ0) is 25.3. The molecule has 2 aromatic carbocycles. The van der Waals surface area contributed by atoms with E-state index in [0.717, 1.165) is 4.90 Å². The highest BCUT2D eigenvalue weighted by Gasteiger charge is 2.49. The van der Waals surface area contributed by atoms with Crippen LogP contribution >= 0.6 is 0 Å². The third kappa shape index (κ3) is 6.50. The van der Waals surface area contributed by atoms with Crippen molar-refractivity contribution >= 4 is 23.2 Å². The molecular weight excluding hydrogens is 447 g/mol. The van der Waals surface area contributed by atoms with Gasteiger partial charge >= 0.3 is 12.1 Å². The Labute approximate surface area is 197 Å². The normalized spacial score (nSPS) is 17.6. The first-order valence-electron chi connectivity index (χ1n) is 11.0. The van der Waals surface area contributed by atoms with Gasteiger partial charge in [0.25, 0.3) is 0 Å². The maximum Gasteiger partial charge on any atom is 0.471 e. The van der Waals surface area contributed by atoms with Gasteiger partial charge in [-0.05, 0) is 76.9 Å². The molecule has 0 bridgehead atoms. The zero-order valence-electron chi connectivity index (χ0n) is 19.9. The Hall–Kier alpha value is -3.07. The van der Waals surface area contributed by atoms with E-state index >= 15 is 0 Å². The Morgan fingerprint density at radius 1 is 1.00 bits per heavy atom. The minimum atomic E-state index is -5.00. The number of benzene rings is 2. The second kappa shape index (κ2) is 9.29. The molecule has 0 saturated carbocycles. The number of carbonyl (C=O) groups excluding carboxylic acids is 2. The molecule has 0 radical (unpaired) electrons. The van der Waals surface area contributed by atoms with Gasteiger partial charge in [0.1, 0.15) is 11.5 Å². The standard InChI is InChI=1S/C25H30F3N3O3/c1-16(32)29-17-7-6-8-21(13-17)34-20-11-9-18(10-12-20)31(22(33)25(26,27)28)19-14-23(2,3)30-24(4,5)15-19/h6-13,19,30H,14-15H2,1-5H3,(H,29,32). The molecule has 0 aromatic heterocycles. The summed E-state index contributed by atoms with van der Waals surface area (Å²) >= 11 is 0. The average Bonchev–Trinajstić information content (AvgIpc) is 2.66. The van der Waals surface area contributed by atoms with Crippen molar-refractivity contribution in [2.24, 2.45) is 0 Å².